The summed E-state index contributed by atoms with van der Waals surface area (Å²) in [6.45, 7) is 7.17. The molecule has 2 aromatic carbocycles. The summed E-state index contributed by atoms with van der Waals surface area (Å²) in [5.41, 5.74) is 4.79. The summed E-state index contributed by atoms with van der Waals surface area (Å²) in [6.07, 6.45) is 3.56. The molecule has 0 bridgehead atoms. The largest absolute Gasteiger partial charge is 0.463 e. The van der Waals surface area contributed by atoms with E-state index in [1.807, 2.05) is 30.5 Å². The Bertz CT molecular complexity index is 1200. The molecule has 4 aromatic rings. The Kier molecular flexibility index (Phi) is 6.31. The van der Waals surface area contributed by atoms with Gasteiger partial charge in [-0.15, -0.1) is 0 Å². The lowest BCUT2D eigenvalue weighted by Gasteiger charge is -2.39. The topological polar surface area (TPSA) is 48.3 Å². The number of aromatic amines is 1. The molecule has 1 aliphatic rings. The molecule has 1 fully saturated rings. The molecule has 5 rings (SSSR count). The van der Waals surface area contributed by atoms with Crippen LogP contribution in [0.5, 0.6) is 0 Å². The van der Waals surface area contributed by atoms with E-state index in [0.29, 0.717) is 5.02 Å². The Hall–Kier alpha value is -2.93. The molecule has 170 valence electrons. The number of aromatic nitrogens is 2. The maximum absolute atomic E-state index is 13.4. The number of piperazine rings is 1. The highest BCUT2D eigenvalue weighted by Gasteiger charge is 2.30. The quantitative estimate of drug-likeness (QED) is 0.388. The van der Waals surface area contributed by atoms with Crippen LogP contribution in [0.2, 0.25) is 5.02 Å². The Morgan fingerprint density at radius 1 is 1.09 bits per heavy atom. The van der Waals surface area contributed by atoms with Gasteiger partial charge in [0.15, 0.2) is 5.76 Å². The summed E-state index contributed by atoms with van der Waals surface area (Å²) in [5, 5.41) is 8.12. The number of nitrogens with one attached hydrogen (secondary N) is 1. The first-order chi connectivity index (χ1) is 16.1. The maximum Gasteiger partial charge on any atom is 0.151 e. The first-order valence-corrected chi connectivity index (χ1v) is 11.6. The SMILES string of the molecule is CCN1CCN(C(c2ccc(-c3ccc(F)cc3)c(Cl)c2)c2cn[nH]c2-c2ccco2)CC1. The number of H-pyrrole nitrogens is 1. The summed E-state index contributed by atoms with van der Waals surface area (Å²) < 4.78 is 19.1. The Labute approximate surface area is 197 Å². The van der Waals surface area contributed by atoms with Crippen molar-refractivity contribution in [3.8, 4) is 22.6 Å². The van der Waals surface area contributed by atoms with Gasteiger partial charge in [-0.2, -0.15) is 5.10 Å². The monoisotopic (exact) mass is 464 g/mol. The van der Waals surface area contributed by atoms with Crippen molar-refractivity contribution in [1.29, 1.82) is 0 Å². The van der Waals surface area contributed by atoms with Gasteiger partial charge in [0, 0.05) is 42.3 Å². The molecule has 33 heavy (non-hydrogen) atoms. The summed E-state index contributed by atoms with van der Waals surface area (Å²) in [7, 11) is 0. The van der Waals surface area contributed by atoms with Crippen LogP contribution in [0.15, 0.2) is 71.5 Å². The van der Waals surface area contributed by atoms with Crippen LogP contribution in [0, 0.1) is 5.82 Å². The number of rotatable bonds is 6. The number of nitrogens with zero attached hydrogens (tertiary/aromatic N) is 3. The third-order valence-corrected chi connectivity index (χ3v) is 6.73. The van der Waals surface area contributed by atoms with Gasteiger partial charge in [0.25, 0.3) is 0 Å². The predicted octanol–water partition coefficient (Wildman–Crippen LogP) is 5.86. The molecule has 2 aromatic heterocycles. The maximum atomic E-state index is 13.4. The highest BCUT2D eigenvalue weighted by atomic mass is 35.5. The Morgan fingerprint density at radius 3 is 2.55 bits per heavy atom. The molecule has 0 spiro atoms. The molecule has 7 heteroatoms. The first kappa shape index (κ1) is 21.9. The lowest BCUT2D eigenvalue weighted by molar-refractivity contribution is 0.113. The van der Waals surface area contributed by atoms with Crippen LogP contribution in [0.3, 0.4) is 0 Å². The van der Waals surface area contributed by atoms with Crippen molar-refractivity contribution in [3.05, 3.63) is 89.0 Å². The molecule has 1 unspecified atom stereocenters. The second kappa shape index (κ2) is 9.51. The third-order valence-electron chi connectivity index (χ3n) is 6.41. The van der Waals surface area contributed by atoms with Crippen LogP contribution in [-0.2, 0) is 0 Å². The summed E-state index contributed by atoms with van der Waals surface area (Å²) in [6, 6.07) is 16.4. The van der Waals surface area contributed by atoms with E-state index in [4.69, 9.17) is 16.0 Å². The number of furan rings is 1. The van der Waals surface area contributed by atoms with E-state index in [2.05, 4.69) is 33.0 Å². The molecule has 1 saturated heterocycles. The third kappa shape index (κ3) is 4.47. The molecule has 0 radical (unpaired) electrons. The van der Waals surface area contributed by atoms with Gasteiger partial charge in [0.05, 0.1) is 18.5 Å². The predicted molar refractivity (Wildman–Crippen MR) is 129 cm³/mol. The standard InChI is InChI=1S/C26H26ClFN4O/c1-2-31-11-13-32(14-12-31)26(22-17-29-30-25(22)24-4-3-15-33-24)19-7-10-21(23(27)16-19)18-5-8-20(28)9-6-18/h3-10,15-17,26H,2,11-14H2,1H3,(H,29,30). The van der Waals surface area contributed by atoms with Crippen LogP contribution in [0.25, 0.3) is 22.6 Å². The van der Waals surface area contributed by atoms with Crippen LogP contribution < -0.4 is 0 Å². The zero-order chi connectivity index (χ0) is 22.8. The zero-order valence-corrected chi connectivity index (χ0v) is 19.2. The lowest BCUT2D eigenvalue weighted by atomic mass is 9.94. The normalized spacial score (nSPS) is 16.2. The van der Waals surface area contributed by atoms with E-state index in [9.17, 15) is 4.39 Å². The zero-order valence-electron chi connectivity index (χ0n) is 18.5. The van der Waals surface area contributed by atoms with Crippen LogP contribution in [0.1, 0.15) is 24.1 Å². The fraction of sp³-hybridized carbons (Fsp3) is 0.269. The fourth-order valence-corrected chi connectivity index (χ4v) is 4.91. The van der Waals surface area contributed by atoms with Crippen LogP contribution >= 0.6 is 11.6 Å². The Morgan fingerprint density at radius 2 is 1.88 bits per heavy atom. The van der Waals surface area contributed by atoms with Gasteiger partial charge in [-0.05, 0) is 48.0 Å². The van der Waals surface area contributed by atoms with Gasteiger partial charge in [0.1, 0.15) is 11.5 Å². The van der Waals surface area contributed by atoms with Gasteiger partial charge in [-0.25, -0.2) is 4.39 Å². The molecule has 1 aliphatic heterocycles. The van der Waals surface area contributed by atoms with Crippen molar-refractivity contribution in [3.63, 3.8) is 0 Å². The molecule has 0 saturated carbocycles. The van der Waals surface area contributed by atoms with Gasteiger partial charge >= 0.3 is 0 Å². The number of halogens is 2. The number of hydrogen-bond acceptors (Lipinski definition) is 4. The summed E-state index contributed by atoms with van der Waals surface area (Å²) >= 11 is 6.77. The minimum absolute atomic E-state index is 0.0253. The number of benzene rings is 2. The van der Waals surface area contributed by atoms with Gasteiger partial charge in [-0.1, -0.05) is 42.8 Å². The van der Waals surface area contributed by atoms with Crippen molar-refractivity contribution in [2.75, 3.05) is 32.7 Å². The lowest BCUT2D eigenvalue weighted by Crippen LogP contribution is -2.47. The average Bonchev–Trinajstić information content (AvgIpc) is 3.53. The molecule has 3 heterocycles. The van der Waals surface area contributed by atoms with Crippen molar-refractivity contribution < 1.29 is 8.81 Å². The molecule has 1 N–H and O–H groups in total. The van der Waals surface area contributed by atoms with E-state index in [1.165, 1.54) is 12.1 Å². The van der Waals surface area contributed by atoms with Crippen LogP contribution in [0.4, 0.5) is 4.39 Å². The summed E-state index contributed by atoms with van der Waals surface area (Å²) in [5.74, 6) is 0.497. The smallest absolute Gasteiger partial charge is 0.151 e. The van der Waals surface area contributed by atoms with E-state index in [-0.39, 0.29) is 11.9 Å². The van der Waals surface area contributed by atoms with E-state index in [0.717, 1.165) is 66.4 Å². The van der Waals surface area contributed by atoms with Crippen LogP contribution in [-0.4, -0.2) is 52.7 Å². The van der Waals surface area contributed by atoms with Gasteiger partial charge in [-0.3, -0.25) is 10.00 Å². The molecule has 0 amide bonds. The molecule has 1 atom stereocenters. The van der Waals surface area contributed by atoms with E-state index in [1.54, 1.807) is 18.4 Å². The average molecular weight is 465 g/mol. The highest BCUT2D eigenvalue weighted by molar-refractivity contribution is 6.33. The molecule has 5 nitrogen and oxygen atoms in total. The molecule has 0 aliphatic carbocycles. The van der Waals surface area contributed by atoms with Crippen molar-refractivity contribution in [1.82, 2.24) is 20.0 Å². The highest BCUT2D eigenvalue weighted by Crippen LogP contribution is 2.38. The number of hydrogen-bond donors (Lipinski definition) is 1. The Balaban J connectivity index is 1.55. The molecular weight excluding hydrogens is 439 g/mol. The second-order valence-corrected chi connectivity index (χ2v) is 8.70. The second-order valence-electron chi connectivity index (χ2n) is 8.30. The fourth-order valence-electron chi connectivity index (χ4n) is 4.61. The van der Waals surface area contributed by atoms with E-state index < -0.39 is 0 Å². The summed E-state index contributed by atoms with van der Waals surface area (Å²) in [4.78, 5) is 4.94. The van der Waals surface area contributed by atoms with Crippen molar-refractivity contribution in [2.24, 2.45) is 0 Å². The minimum atomic E-state index is -0.261. The van der Waals surface area contributed by atoms with Crippen molar-refractivity contribution >= 4 is 11.6 Å². The minimum Gasteiger partial charge on any atom is -0.463 e. The first-order valence-electron chi connectivity index (χ1n) is 11.2. The van der Waals surface area contributed by atoms with Crippen molar-refractivity contribution in [2.45, 2.75) is 13.0 Å². The number of likely N-dealkylation sites (N-methyl/N-ethyl adjacent to an activating group) is 1. The molecular formula is C26H26ClFN4O. The van der Waals surface area contributed by atoms with Gasteiger partial charge in [0.2, 0.25) is 0 Å². The van der Waals surface area contributed by atoms with E-state index >= 15 is 0 Å². The van der Waals surface area contributed by atoms with Gasteiger partial charge < -0.3 is 9.32 Å².